The minimum atomic E-state index is -0.463. The summed E-state index contributed by atoms with van der Waals surface area (Å²) in [6, 6.07) is 6.25. The molecule has 2 atom stereocenters. The molecule has 9 nitrogen and oxygen atoms in total. The molecule has 1 N–H and O–H groups in total. The highest BCUT2D eigenvalue weighted by molar-refractivity contribution is 5.98. The van der Waals surface area contributed by atoms with Crippen LogP contribution in [-0.4, -0.2) is 68.5 Å². The maximum Gasteiger partial charge on any atom is 0.256 e. The van der Waals surface area contributed by atoms with Crippen molar-refractivity contribution in [1.82, 2.24) is 29.9 Å². The van der Waals surface area contributed by atoms with E-state index >= 15 is 0 Å². The molecule has 5 rings (SSSR count). The van der Waals surface area contributed by atoms with Crippen LogP contribution in [0, 0.1) is 18.7 Å². The predicted octanol–water partition coefficient (Wildman–Crippen LogP) is 1.90. The summed E-state index contributed by atoms with van der Waals surface area (Å²) in [4.78, 5) is 27.7. The lowest BCUT2D eigenvalue weighted by Gasteiger charge is -2.54. The molecule has 3 aromatic rings. The Labute approximate surface area is 178 Å². The average molecular weight is 422 g/mol. The Morgan fingerprint density at radius 2 is 1.97 bits per heavy atom. The first-order chi connectivity index (χ1) is 15.0. The minimum absolute atomic E-state index is 0.177. The normalized spacial score (nSPS) is 20.2. The van der Waals surface area contributed by atoms with Crippen molar-refractivity contribution in [3.63, 3.8) is 0 Å². The number of likely N-dealkylation sites (tertiary alicyclic amines) is 1. The van der Waals surface area contributed by atoms with Gasteiger partial charge in [0.05, 0.1) is 29.7 Å². The number of aromatic nitrogens is 5. The summed E-state index contributed by atoms with van der Waals surface area (Å²) >= 11 is 0. The highest BCUT2D eigenvalue weighted by Crippen LogP contribution is 2.36. The van der Waals surface area contributed by atoms with E-state index in [-0.39, 0.29) is 17.5 Å². The van der Waals surface area contributed by atoms with Gasteiger partial charge < -0.3 is 15.1 Å². The molecule has 2 fully saturated rings. The van der Waals surface area contributed by atoms with Crippen LogP contribution in [0.1, 0.15) is 22.5 Å². The first-order valence-corrected chi connectivity index (χ1v) is 10.3. The Hall–Kier alpha value is -3.56. The van der Waals surface area contributed by atoms with Gasteiger partial charge in [0.15, 0.2) is 0 Å². The van der Waals surface area contributed by atoms with Crippen LogP contribution < -0.4 is 10.2 Å². The molecule has 0 aliphatic carbocycles. The van der Waals surface area contributed by atoms with Crippen LogP contribution in [0.3, 0.4) is 0 Å². The number of hydrogen-bond donors (Lipinski definition) is 1. The lowest BCUT2D eigenvalue weighted by molar-refractivity contribution is 0.0590. The fourth-order valence-electron chi connectivity index (χ4n) is 4.42. The second kappa shape index (κ2) is 7.60. The van der Waals surface area contributed by atoms with E-state index in [0.29, 0.717) is 30.6 Å². The van der Waals surface area contributed by atoms with Crippen LogP contribution >= 0.6 is 0 Å². The molecule has 2 aliphatic heterocycles. The van der Waals surface area contributed by atoms with Crippen molar-refractivity contribution in [2.75, 3.05) is 36.9 Å². The van der Waals surface area contributed by atoms with Crippen molar-refractivity contribution in [2.24, 2.45) is 5.92 Å². The number of piperidine rings is 1. The maximum absolute atomic E-state index is 14.0. The Morgan fingerprint density at radius 3 is 2.74 bits per heavy atom. The van der Waals surface area contributed by atoms with Gasteiger partial charge >= 0.3 is 0 Å². The summed E-state index contributed by atoms with van der Waals surface area (Å²) in [5, 5.41) is 11.2. The third kappa shape index (κ3) is 3.47. The van der Waals surface area contributed by atoms with E-state index in [4.69, 9.17) is 0 Å². The number of carbonyl (C=O) groups excluding carboxylic acids is 1. The number of nitrogens with one attached hydrogen (secondary N) is 1. The van der Waals surface area contributed by atoms with E-state index in [1.54, 1.807) is 11.9 Å². The van der Waals surface area contributed by atoms with Gasteiger partial charge in [-0.05, 0) is 31.5 Å². The Kier molecular flexibility index (Phi) is 4.76. The first-order valence-electron chi connectivity index (χ1n) is 10.3. The standard InChI is InChI=1S/C21H23FN8O/c1-13-9-19(27-21(23-2)26-13)29-11-14-5-8-28(12-18(14)29)20(31)16-10-15(22)3-4-17(16)30-24-6-7-25-30/h3-4,6-7,9-10,14,18H,5,8,11-12H2,1-2H3,(H,23,26,27). The van der Waals surface area contributed by atoms with Gasteiger partial charge in [-0.3, -0.25) is 4.79 Å². The topological polar surface area (TPSA) is 92.1 Å². The van der Waals surface area contributed by atoms with Gasteiger partial charge in [0.2, 0.25) is 5.95 Å². The second-order valence-corrected chi connectivity index (χ2v) is 7.94. The number of amides is 1. The van der Waals surface area contributed by atoms with Crippen molar-refractivity contribution < 1.29 is 9.18 Å². The van der Waals surface area contributed by atoms with Gasteiger partial charge in [-0.25, -0.2) is 9.37 Å². The third-order valence-electron chi connectivity index (χ3n) is 6.02. The first kappa shape index (κ1) is 19.4. The summed E-state index contributed by atoms with van der Waals surface area (Å²) in [5.74, 6) is 1.28. The van der Waals surface area contributed by atoms with Crippen molar-refractivity contribution in [2.45, 2.75) is 19.4 Å². The molecule has 0 bridgehead atoms. The molecule has 0 spiro atoms. The molecule has 4 heterocycles. The van der Waals surface area contributed by atoms with Crippen LogP contribution in [0.15, 0.2) is 36.7 Å². The smallest absolute Gasteiger partial charge is 0.256 e. The molecule has 31 heavy (non-hydrogen) atoms. The molecular formula is C21H23FN8O. The summed E-state index contributed by atoms with van der Waals surface area (Å²) in [6.07, 6.45) is 3.96. The number of anilines is 2. The van der Waals surface area contributed by atoms with Crippen LogP contribution in [0.2, 0.25) is 0 Å². The summed E-state index contributed by atoms with van der Waals surface area (Å²) in [5.41, 5.74) is 1.61. The van der Waals surface area contributed by atoms with E-state index in [1.807, 2.05) is 13.0 Å². The van der Waals surface area contributed by atoms with E-state index in [2.05, 4.69) is 30.4 Å². The molecule has 10 heteroatoms. The van der Waals surface area contributed by atoms with Gasteiger partial charge in [-0.1, -0.05) is 0 Å². The Balaban J connectivity index is 1.39. The van der Waals surface area contributed by atoms with Crippen molar-refractivity contribution in [3.05, 3.63) is 53.7 Å². The molecule has 1 aromatic carbocycles. The number of carbonyl (C=O) groups is 1. The molecule has 0 saturated carbocycles. The molecule has 0 radical (unpaired) electrons. The summed E-state index contributed by atoms with van der Waals surface area (Å²) in [7, 11) is 1.80. The highest BCUT2D eigenvalue weighted by Gasteiger charge is 2.44. The molecule has 2 aliphatic rings. The third-order valence-corrected chi connectivity index (χ3v) is 6.02. The highest BCUT2D eigenvalue weighted by atomic mass is 19.1. The number of benzene rings is 1. The van der Waals surface area contributed by atoms with Crippen molar-refractivity contribution >= 4 is 17.7 Å². The van der Waals surface area contributed by atoms with Crippen molar-refractivity contribution in [1.29, 1.82) is 0 Å². The van der Waals surface area contributed by atoms with Crippen LogP contribution in [0.25, 0.3) is 5.69 Å². The summed E-state index contributed by atoms with van der Waals surface area (Å²) < 4.78 is 14.0. The van der Waals surface area contributed by atoms with E-state index in [9.17, 15) is 9.18 Å². The maximum atomic E-state index is 14.0. The number of fused-ring (bicyclic) bond motifs is 1. The van der Waals surface area contributed by atoms with Crippen LogP contribution in [0.5, 0.6) is 0 Å². The monoisotopic (exact) mass is 422 g/mol. The van der Waals surface area contributed by atoms with Crippen molar-refractivity contribution in [3.8, 4) is 5.69 Å². The SMILES string of the molecule is CNc1nc(C)cc(N2CC3CCN(C(=O)c4cc(F)ccc4-n4nccn4)CC32)n1. The van der Waals surface area contributed by atoms with Crippen LogP contribution in [0.4, 0.5) is 16.2 Å². The Morgan fingerprint density at radius 1 is 1.16 bits per heavy atom. The summed E-state index contributed by atoms with van der Waals surface area (Å²) in [6.45, 7) is 4.05. The Bertz CT molecular complexity index is 1120. The van der Waals surface area contributed by atoms with Gasteiger partial charge in [0.25, 0.3) is 5.91 Å². The van der Waals surface area contributed by atoms with Crippen LogP contribution in [-0.2, 0) is 0 Å². The quantitative estimate of drug-likeness (QED) is 0.687. The predicted molar refractivity (Wildman–Crippen MR) is 113 cm³/mol. The zero-order valence-corrected chi connectivity index (χ0v) is 17.4. The molecule has 160 valence electrons. The largest absolute Gasteiger partial charge is 0.357 e. The molecule has 2 saturated heterocycles. The average Bonchev–Trinajstić information content (AvgIpc) is 3.28. The number of aryl methyl sites for hydroxylation is 1. The number of rotatable bonds is 4. The molecule has 2 aromatic heterocycles. The fourth-order valence-corrected chi connectivity index (χ4v) is 4.42. The number of halogens is 1. The van der Waals surface area contributed by atoms with Gasteiger partial charge in [-0.2, -0.15) is 20.0 Å². The number of hydrogen-bond acceptors (Lipinski definition) is 7. The second-order valence-electron chi connectivity index (χ2n) is 7.94. The van der Waals surface area contributed by atoms with Gasteiger partial charge in [-0.15, -0.1) is 0 Å². The van der Waals surface area contributed by atoms with Gasteiger partial charge in [0.1, 0.15) is 11.6 Å². The van der Waals surface area contributed by atoms with E-state index < -0.39 is 5.82 Å². The van der Waals surface area contributed by atoms with Gasteiger partial charge in [0, 0.05) is 44.4 Å². The molecule has 1 amide bonds. The molecular weight excluding hydrogens is 399 g/mol. The van der Waals surface area contributed by atoms with E-state index in [1.165, 1.54) is 35.4 Å². The lowest BCUT2D eigenvalue weighted by atomic mass is 9.82. The van der Waals surface area contributed by atoms with E-state index in [0.717, 1.165) is 24.5 Å². The minimum Gasteiger partial charge on any atom is -0.357 e. The zero-order chi connectivity index (χ0) is 21.5. The number of nitrogens with zero attached hydrogens (tertiary/aromatic N) is 7. The zero-order valence-electron chi connectivity index (χ0n) is 17.4. The molecule has 2 unspecified atom stereocenters. The lowest BCUT2D eigenvalue weighted by Crippen LogP contribution is -2.65. The fraction of sp³-hybridized carbons (Fsp3) is 0.381.